The quantitative estimate of drug-likeness (QED) is 0.796. The number of carbonyl (C=O) groups excluding carboxylic acids is 2. The molecular weight excluding hydrogens is 256 g/mol. The van der Waals surface area contributed by atoms with Crippen molar-refractivity contribution in [3.63, 3.8) is 0 Å². The molecule has 0 bridgehead atoms. The van der Waals surface area contributed by atoms with Crippen LogP contribution < -0.4 is 5.32 Å². The number of rotatable bonds is 5. The van der Waals surface area contributed by atoms with E-state index in [0.29, 0.717) is 19.5 Å². The van der Waals surface area contributed by atoms with Crippen LogP contribution in [0.2, 0.25) is 0 Å². The summed E-state index contributed by atoms with van der Waals surface area (Å²) < 4.78 is 0. The molecule has 0 aromatic carbocycles. The van der Waals surface area contributed by atoms with Crippen LogP contribution in [0.4, 0.5) is 0 Å². The third-order valence-corrected chi connectivity index (χ3v) is 3.86. The zero-order valence-corrected chi connectivity index (χ0v) is 13.1. The van der Waals surface area contributed by atoms with Gasteiger partial charge < -0.3 is 15.3 Å². The first-order valence-electron chi connectivity index (χ1n) is 7.42. The molecule has 0 radical (unpaired) electrons. The Balaban J connectivity index is 2.26. The van der Waals surface area contributed by atoms with Gasteiger partial charge in [-0.15, -0.1) is 0 Å². The number of nitrogens with zero attached hydrogens (tertiary/aromatic N) is 1. The lowest BCUT2D eigenvalue weighted by molar-refractivity contribution is -0.131. The molecule has 116 valence electrons. The van der Waals surface area contributed by atoms with Crippen molar-refractivity contribution in [3.05, 3.63) is 0 Å². The summed E-state index contributed by atoms with van der Waals surface area (Å²) in [5.41, 5.74) is -0.428. The molecule has 1 rings (SSSR count). The second-order valence-corrected chi connectivity index (χ2v) is 6.79. The first-order valence-corrected chi connectivity index (χ1v) is 7.42. The molecule has 1 aliphatic rings. The minimum atomic E-state index is -0.428. The summed E-state index contributed by atoms with van der Waals surface area (Å²) in [5.74, 6) is 0.172. The van der Waals surface area contributed by atoms with Crippen LogP contribution in [0.1, 0.15) is 46.5 Å². The molecule has 20 heavy (non-hydrogen) atoms. The number of aliphatic hydroxyl groups excluding tert-OH is 1. The summed E-state index contributed by atoms with van der Waals surface area (Å²) in [6, 6.07) is 0. The standard InChI is InChI=1S/C15H28N2O3/c1-15(2,3)14(20)16-9-8-13(19)17(4)10-11-6-5-7-12(11)18/h11-12,18H,5-10H2,1-4H3,(H,16,20). The van der Waals surface area contributed by atoms with Crippen LogP contribution in [0.25, 0.3) is 0 Å². The van der Waals surface area contributed by atoms with E-state index in [2.05, 4.69) is 5.32 Å². The zero-order valence-electron chi connectivity index (χ0n) is 13.1. The van der Waals surface area contributed by atoms with E-state index in [9.17, 15) is 14.7 Å². The Labute approximate surface area is 121 Å². The largest absolute Gasteiger partial charge is 0.393 e. The number of hydrogen-bond donors (Lipinski definition) is 2. The molecule has 2 amide bonds. The highest BCUT2D eigenvalue weighted by atomic mass is 16.3. The van der Waals surface area contributed by atoms with Crippen molar-refractivity contribution in [1.82, 2.24) is 10.2 Å². The molecule has 0 spiro atoms. The predicted octanol–water partition coefficient (Wildman–Crippen LogP) is 1.16. The van der Waals surface area contributed by atoms with Gasteiger partial charge in [0.05, 0.1) is 6.10 Å². The summed E-state index contributed by atoms with van der Waals surface area (Å²) >= 11 is 0. The van der Waals surface area contributed by atoms with Gasteiger partial charge in [-0.25, -0.2) is 0 Å². The van der Waals surface area contributed by atoms with Crippen molar-refractivity contribution in [2.45, 2.75) is 52.6 Å². The SMILES string of the molecule is CN(CC1CCCC1O)C(=O)CCNC(=O)C(C)(C)C. The third kappa shape index (κ3) is 5.12. The molecule has 2 atom stereocenters. The van der Waals surface area contributed by atoms with E-state index in [4.69, 9.17) is 0 Å². The molecule has 2 N–H and O–H groups in total. The molecule has 2 unspecified atom stereocenters. The molecular formula is C15H28N2O3. The van der Waals surface area contributed by atoms with Gasteiger partial charge in [0.1, 0.15) is 0 Å². The summed E-state index contributed by atoms with van der Waals surface area (Å²) in [4.78, 5) is 25.3. The molecule has 0 saturated heterocycles. The fourth-order valence-electron chi connectivity index (χ4n) is 2.42. The third-order valence-electron chi connectivity index (χ3n) is 3.86. The highest BCUT2D eigenvalue weighted by Crippen LogP contribution is 2.26. The van der Waals surface area contributed by atoms with Crippen LogP contribution >= 0.6 is 0 Å². The molecule has 0 aliphatic heterocycles. The predicted molar refractivity (Wildman–Crippen MR) is 78.1 cm³/mol. The molecule has 0 aromatic rings. The van der Waals surface area contributed by atoms with Gasteiger partial charge in [0.2, 0.25) is 11.8 Å². The van der Waals surface area contributed by atoms with E-state index in [1.807, 2.05) is 20.8 Å². The molecule has 0 heterocycles. The van der Waals surface area contributed by atoms with Crippen LogP contribution in [0.5, 0.6) is 0 Å². The van der Waals surface area contributed by atoms with Crippen molar-refractivity contribution < 1.29 is 14.7 Å². The Morgan fingerprint density at radius 2 is 1.95 bits per heavy atom. The summed E-state index contributed by atoms with van der Waals surface area (Å²) in [6.45, 7) is 6.51. The van der Waals surface area contributed by atoms with Gasteiger partial charge in [-0.2, -0.15) is 0 Å². The second kappa shape index (κ2) is 7.07. The molecule has 5 nitrogen and oxygen atoms in total. The topological polar surface area (TPSA) is 69.6 Å². The minimum absolute atomic E-state index is 0.0123. The van der Waals surface area contributed by atoms with Crippen LogP contribution in [-0.4, -0.2) is 48.1 Å². The Morgan fingerprint density at radius 3 is 2.45 bits per heavy atom. The van der Waals surface area contributed by atoms with Crippen molar-refractivity contribution in [2.24, 2.45) is 11.3 Å². The van der Waals surface area contributed by atoms with E-state index in [1.54, 1.807) is 11.9 Å². The maximum Gasteiger partial charge on any atom is 0.225 e. The van der Waals surface area contributed by atoms with E-state index in [1.165, 1.54) is 0 Å². The van der Waals surface area contributed by atoms with Gasteiger partial charge in [0.15, 0.2) is 0 Å². The van der Waals surface area contributed by atoms with Gasteiger partial charge in [0.25, 0.3) is 0 Å². The van der Waals surface area contributed by atoms with Crippen molar-refractivity contribution in [3.8, 4) is 0 Å². The molecule has 1 saturated carbocycles. The van der Waals surface area contributed by atoms with Gasteiger partial charge in [0, 0.05) is 37.9 Å². The fraction of sp³-hybridized carbons (Fsp3) is 0.867. The van der Waals surface area contributed by atoms with E-state index in [-0.39, 0.29) is 23.8 Å². The normalized spacial score (nSPS) is 22.6. The van der Waals surface area contributed by atoms with E-state index in [0.717, 1.165) is 19.3 Å². The summed E-state index contributed by atoms with van der Waals surface area (Å²) in [5, 5.41) is 12.5. The lowest BCUT2D eigenvalue weighted by Crippen LogP contribution is -2.39. The number of aliphatic hydroxyl groups is 1. The highest BCUT2D eigenvalue weighted by molar-refractivity contribution is 5.82. The lowest BCUT2D eigenvalue weighted by atomic mass is 9.96. The van der Waals surface area contributed by atoms with Crippen molar-refractivity contribution in [1.29, 1.82) is 0 Å². The van der Waals surface area contributed by atoms with Crippen molar-refractivity contribution >= 4 is 11.8 Å². The molecule has 1 fully saturated rings. The highest BCUT2D eigenvalue weighted by Gasteiger charge is 2.27. The number of amides is 2. The Morgan fingerprint density at radius 1 is 1.30 bits per heavy atom. The van der Waals surface area contributed by atoms with E-state index < -0.39 is 5.41 Å². The average Bonchev–Trinajstić information content (AvgIpc) is 2.73. The van der Waals surface area contributed by atoms with Gasteiger partial charge >= 0.3 is 0 Å². The van der Waals surface area contributed by atoms with E-state index >= 15 is 0 Å². The van der Waals surface area contributed by atoms with Crippen molar-refractivity contribution in [2.75, 3.05) is 20.1 Å². The minimum Gasteiger partial charge on any atom is -0.393 e. The first kappa shape index (κ1) is 17.0. The molecule has 1 aliphatic carbocycles. The maximum atomic E-state index is 12.0. The Hall–Kier alpha value is -1.10. The Bertz CT molecular complexity index is 350. The number of carbonyl (C=O) groups is 2. The zero-order chi connectivity index (χ0) is 15.3. The average molecular weight is 284 g/mol. The monoisotopic (exact) mass is 284 g/mol. The smallest absolute Gasteiger partial charge is 0.225 e. The number of nitrogens with one attached hydrogen (secondary N) is 1. The van der Waals surface area contributed by atoms with Crippen LogP contribution in [-0.2, 0) is 9.59 Å². The maximum absolute atomic E-state index is 12.0. The molecule has 0 aromatic heterocycles. The molecule has 5 heteroatoms. The number of hydrogen-bond acceptors (Lipinski definition) is 3. The second-order valence-electron chi connectivity index (χ2n) is 6.79. The Kier molecular flexibility index (Phi) is 5.99. The fourth-order valence-corrected chi connectivity index (χ4v) is 2.42. The lowest BCUT2D eigenvalue weighted by Gasteiger charge is -2.24. The van der Waals surface area contributed by atoms with Crippen LogP contribution in [0.3, 0.4) is 0 Å². The van der Waals surface area contributed by atoms with Crippen LogP contribution in [0, 0.1) is 11.3 Å². The summed E-state index contributed by atoms with van der Waals surface area (Å²) in [7, 11) is 1.76. The first-order chi connectivity index (χ1) is 9.21. The van der Waals surface area contributed by atoms with Gasteiger partial charge in [-0.3, -0.25) is 9.59 Å². The van der Waals surface area contributed by atoms with Gasteiger partial charge in [-0.05, 0) is 12.8 Å². The summed E-state index contributed by atoms with van der Waals surface area (Å²) in [6.07, 6.45) is 2.90. The van der Waals surface area contributed by atoms with Gasteiger partial charge in [-0.1, -0.05) is 27.2 Å². The van der Waals surface area contributed by atoms with Crippen LogP contribution in [0.15, 0.2) is 0 Å².